The first-order valence-electron chi connectivity index (χ1n) is 12.6. The van der Waals surface area contributed by atoms with Crippen LogP contribution in [0.5, 0.6) is 0 Å². The number of amides is 3. The van der Waals surface area contributed by atoms with Crippen LogP contribution in [0.25, 0.3) is 10.9 Å². The van der Waals surface area contributed by atoms with Crippen molar-refractivity contribution in [2.45, 2.75) is 50.7 Å². The Morgan fingerprint density at radius 3 is 2.62 bits per heavy atom. The van der Waals surface area contributed by atoms with E-state index in [0.29, 0.717) is 16.7 Å². The highest BCUT2D eigenvalue weighted by Crippen LogP contribution is 2.35. The lowest BCUT2D eigenvalue weighted by molar-refractivity contribution is -0.136. The molecule has 3 aromatic rings. The molecule has 0 spiro atoms. The van der Waals surface area contributed by atoms with E-state index in [9.17, 15) is 14.4 Å². The summed E-state index contributed by atoms with van der Waals surface area (Å²) in [6, 6.07) is 12.3. The maximum atomic E-state index is 15.2. The second-order valence-corrected chi connectivity index (χ2v) is 10.2. The van der Waals surface area contributed by atoms with Crippen molar-refractivity contribution in [3.05, 3.63) is 70.2 Å². The number of rotatable bonds is 4. The van der Waals surface area contributed by atoms with E-state index in [2.05, 4.69) is 27.3 Å². The summed E-state index contributed by atoms with van der Waals surface area (Å²) in [5.74, 6) is -1.47. The first-order chi connectivity index (χ1) is 17.9. The molecule has 0 bridgehead atoms. The number of piperidine rings is 2. The Morgan fingerprint density at radius 2 is 1.86 bits per heavy atom. The van der Waals surface area contributed by atoms with E-state index in [4.69, 9.17) is 5.26 Å². The molecule has 2 saturated heterocycles. The number of carbonyl (C=O) groups excluding carboxylic acids is 3. The molecule has 2 aromatic carbocycles. The molecule has 0 saturated carbocycles. The minimum atomic E-state index is -0.705. The Morgan fingerprint density at radius 1 is 1.05 bits per heavy atom. The number of carbonyl (C=O) groups is 3. The van der Waals surface area contributed by atoms with Gasteiger partial charge in [-0.1, -0.05) is 12.1 Å². The molecule has 9 heteroatoms. The Kier molecular flexibility index (Phi) is 5.76. The number of nitrogens with zero attached hydrogens (tertiary/aromatic N) is 3. The number of nitriles is 1. The minimum Gasteiger partial charge on any atom is -0.357 e. The van der Waals surface area contributed by atoms with Gasteiger partial charge in [-0.2, -0.15) is 5.26 Å². The number of hydrogen-bond donors (Lipinski definition) is 2. The molecule has 37 heavy (non-hydrogen) atoms. The lowest BCUT2D eigenvalue weighted by Gasteiger charge is -2.32. The van der Waals surface area contributed by atoms with E-state index in [-0.39, 0.29) is 42.9 Å². The van der Waals surface area contributed by atoms with Gasteiger partial charge in [0.15, 0.2) is 0 Å². The number of likely N-dealkylation sites (tertiary alicyclic amines) is 1. The lowest BCUT2D eigenvalue weighted by Crippen LogP contribution is -2.52. The van der Waals surface area contributed by atoms with E-state index in [1.807, 2.05) is 18.2 Å². The molecule has 1 atom stereocenters. The van der Waals surface area contributed by atoms with E-state index in [0.717, 1.165) is 54.6 Å². The van der Waals surface area contributed by atoms with E-state index in [1.165, 1.54) is 11.0 Å². The van der Waals surface area contributed by atoms with Crippen LogP contribution in [-0.2, 0) is 22.7 Å². The van der Waals surface area contributed by atoms with Gasteiger partial charge in [-0.25, -0.2) is 4.39 Å². The predicted octanol–water partition coefficient (Wildman–Crippen LogP) is 3.32. The van der Waals surface area contributed by atoms with Crippen molar-refractivity contribution in [2.75, 3.05) is 13.1 Å². The van der Waals surface area contributed by atoms with E-state index >= 15 is 4.39 Å². The largest absolute Gasteiger partial charge is 0.357 e. The smallest absolute Gasteiger partial charge is 0.255 e. The van der Waals surface area contributed by atoms with Crippen LogP contribution in [0, 0.1) is 17.1 Å². The molecule has 0 aliphatic carbocycles. The molecular formula is C28H26FN5O3. The highest BCUT2D eigenvalue weighted by atomic mass is 19.1. The molecule has 3 aliphatic rings. The zero-order chi connectivity index (χ0) is 25.7. The third-order valence-corrected chi connectivity index (χ3v) is 7.87. The number of benzene rings is 2. The third-order valence-electron chi connectivity index (χ3n) is 7.87. The summed E-state index contributed by atoms with van der Waals surface area (Å²) < 4.78 is 15.2. The van der Waals surface area contributed by atoms with Crippen molar-refractivity contribution in [2.24, 2.45) is 0 Å². The quantitative estimate of drug-likeness (QED) is 0.536. The highest BCUT2D eigenvalue weighted by Gasteiger charge is 2.40. The van der Waals surface area contributed by atoms with Gasteiger partial charge < -0.3 is 9.88 Å². The zero-order valence-corrected chi connectivity index (χ0v) is 20.2. The number of aromatic amines is 1. The van der Waals surface area contributed by atoms with Gasteiger partial charge in [0, 0.05) is 36.3 Å². The molecule has 3 amide bonds. The summed E-state index contributed by atoms with van der Waals surface area (Å²) in [5, 5.41) is 12.5. The van der Waals surface area contributed by atoms with Crippen molar-refractivity contribution in [3.63, 3.8) is 0 Å². The van der Waals surface area contributed by atoms with E-state index < -0.39 is 11.9 Å². The van der Waals surface area contributed by atoms with Crippen molar-refractivity contribution in [1.29, 1.82) is 5.26 Å². The van der Waals surface area contributed by atoms with Crippen LogP contribution in [0.4, 0.5) is 4.39 Å². The number of nitrogens with one attached hydrogen (secondary N) is 2. The Bertz CT molecular complexity index is 1480. The maximum absolute atomic E-state index is 15.2. The molecule has 188 valence electrons. The fraction of sp³-hybridized carbons (Fsp3) is 0.357. The van der Waals surface area contributed by atoms with Gasteiger partial charge in [0.1, 0.15) is 11.9 Å². The SMILES string of the molecule is N#Cc1ccc2cc(CN3CCC(c4cc5c(cc4F)C(=O)N(C4CCC(=O)NC4=O)C5)CC3)[nH]c2c1. The first-order valence-corrected chi connectivity index (χ1v) is 12.6. The second-order valence-electron chi connectivity index (χ2n) is 10.2. The standard InChI is InChI=1S/C28H26FN5O3/c29-23-12-22-19(14-34(28(22)37)25-3-4-26(35)32-27(25)36)11-21(23)17-5-7-33(8-6-17)15-20-10-18-2-1-16(13-30)9-24(18)31-20/h1-2,9-12,17,25,31H,3-8,14-15H2,(H,32,35,36). The number of imide groups is 1. The van der Waals surface area contributed by atoms with Gasteiger partial charge in [-0.3, -0.25) is 24.6 Å². The summed E-state index contributed by atoms with van der Waals surface area (Å²) in [6.45, 7) is 2.65. The highest BCUT2D eigenvalue weighted by molar-refractivity contribution is 6.05. The average Bonchev–Trinajstić information content (AvgIpc) is 3.43. The number of hydrogen-bond acceptors (Lipinski definition) is 5. The Labute approximate surface area is 213 Å². The molecule has 2 N–H and O–H groups in total. The molecule has 2 fully saturated rings. The molecule has 1 unspecified atom stereocenters. The molecule has 6 rings (SSSR count). The normalized spacial score (nSPS) is 20.8. The second kappa shape index (κ2) is 9.12. The van der Waals surface area contributed by atoms with Crippen LogP contribution in [-0.4, -0.2) is 51.6 Å². The summed E-state index contributed by atoms with van der Waals surface area (Å²) in [6.07, 6.45) is 2.08. The van der Waals surface area contributed by atoms with Gasteiger partial charge in [0.25, 0.3) is 5.91 Å². The van der Waals surface area contributed by atoms with Gasteiger partial charge in [-0.05, 0) is 79.0 Å². The van der Waals surface area contributed by atoms with Crippen molar-refractivity contribution in [3.8, 4) is 6.07 Å². The van der Waals surface area contributed by atoms with Crippen molar-refractivity contribution in [1.82, 2.24) is 20.1 Å². The number of H-pyrrole nitrogens is 1. The number of fused-ring (bicyclic) bond motifs is 2. The monoisotopic (exact) mass is 499 g/mol. The van der Waals surface area contributed by atoms with Gasteiger partial charge in [0.2, 0.25) is 11.8 Å². The molecule has 4 heterocycles. The maximum Gasteiger partial charge on any atom is 0.255 e. The van der Waals surface area contributed by atoms with E-state index in [1.54, 1.807) is 6.07 Å². The van der Waals surface area contributed by atoms with Gasteiger partial charge in [-0.15, -0.1) is 0 Å². The Balaban J connectivity index is 1.12. The fourth-order valence-electron chi connectivity index (χ4n) is 5.91. The third kappa shape index (κ3) is 4.27. The van der Waals surface area contributed by atoms with Crippen molar-refractivity contribution >= 4 is 28.6 Å². The van der Waals surface area contributed by atoms with Gasteiger partial charge >= 0.3 is 0 Å². The zero-order valence-electron chi connectivity index (χ0n) is 20.2. The van der Waals surface area contributed by atoms with Crippen LogP contribution < -0.4 is 5.32 Å². The molecule has 8 nitrogen and oxygen atoms in total. The minimum absolute atomic E-state index is 0.0576. The average molecular weight is 500 g/mol. The van der Waals surface area contributed by atoms with Crippen molar-refractivity contribution < 1.29 is 18.8 Å². The summed E-state index contributed by atoms with van der Waals surface area (Å²) in [7, 11) is 0. The molecule has 0 radical (unpaired) electrons. The van der Waals surface area contributed by atoms with Gasteiger partial charge in [0.05, 0.1) is 11.6 Å². The summed E-state index contributed by atoms with van der Waals surface area (Å²) in [4.78, 5) is 43.9. The molecule has 3 aliphatic heterocycles. The Hall–Kier alpha value is -4.03. The topological polar surface area (TPSA) is 109 Å². The van der Waals surface area contributed by atoms with Crippen LogP contribution in [0.3, 0.4) is 0 Å². The predicted molar refractivity (Wildman–Crippen MR) is 133 cm³/mol. The number of halogens is 1. The number of aromatic nitrogens is 1. The first kappa shape index (κ1) is 23.4. The van der Waals surface area contributed by atoms with Crippen LogP contribution in [0.2, 0.25) is 0 Å². The summed E-state index contributed by atoms with van der Waals surface area (Å²) >= 11 is 0. The van der Waals surface area contributed by atoms with Crippen LogP contribution in [0.15, 0.2) is 36.4 Å². The summed E-state index contributed by atoms with van der Waals surface area (Å²) in [5.41, 5.74) is 4.33. The fourth-order valence-corrected chi connectivity index (χ4v) is 5.91. The van der Waals surface area contributed by atoms with Crippen LogP contribution in [0.1, 0.15) is 64.3 Å². The molecular weight excluding hydrogens is 473 g/mol. The van der Waals surface area contributed by atoms with Crippen LogP contribution >= 0.6 is 0 Å². The molecule has 1 aromatic heterocycles. The lowest BCUT2D eigenvalue weighted by atomic mass is 9.87.